The first-order valence-corrected chi connectivity index (χ1v) is 13.8. The Morgan fingerprint density at radius 3 is 2.60 bits per heavy atom. The largest absolute Gasteiger partial charge is 0.483 e. The molecule has 3 aromatic heterocycles. The number of hydrogen-bond acceptors (Lipinski definition) is 9. The number of alkyl halides is 3. The molecule has 17 heteroatoms. The van der Waals surface area contributed by atoms with Crippen LogP contribution in [0.4, 0.5) is 24.7 Å². The highest BCUT2D eigenvalue weighted by Crippen LogP contribution is 2.36. The molecule has 1 aliphatic rings. The lowest BCUT2D eigenvalue weighted by atomic mass is 10.0. The van der Waals surface area contributed by atoms with Gasteiger partial charge in [0.1, 0.15) is 0 Å². The topological polar surface area (TPSA) is 188 Å². The van der Waals surface area contributed by atoms with Gasteiger partial charge in [-0.1, -0.05) is 6.92 Å². The normalized spacial score (nSPS) is 16.1. The first-order valence-electron chi connectivity index (χ1n) is 13.8. The Balaban J connectivity index is 0.00000148. The highest BCUT2D eigenvalue weighted by molar-refractivity contribution is 5.96. The number of imidazole rings is 1. The molecule has 2 amide bonds. The van der Waals surface area contributed by atoms with Crippen LogP contribution in [0.3, 0.4) is 0 Å². The van der Waals surface area contributed by atoms with Crippen molar-refractivity contribution in [1.29, 1.82) is 0 Å². The van der Waals surface area contributed by atoms with E-state index in [1.54, 1.807) is 18.2 Å². The van der Waals surface area contributed by atoms with E-state index in [9.17, 15) is 27.9 Å². The van der Waals surface area contributed by atoms with E-state index < -0.39 is 24.0 Å². The third kappa shape index (κ3) is 7.74. The lowest BCUT2D eigenvalue weighted by molar-refractivity contribution is -0.141. The minimum absolute atomic E-state index is 0.105. The van der Waals surface area contributed by atoms with Gasteiger partial charge < -0.3 is 31.5 Å². The summed E-state index contributed by atoms with van der Waals surface area (Å²) in [4.78, 5) is 42.0. The molecule has 1 aliphatic heterocycles. The van der Waals surface area contributed by atoms with Crippen LogP contribution < -0.4 is 21.3 Å². The molecule has 0 spiro atoms. The number of benzene rings is 1. The van der Waals surface area contributed by atoms with E-state index in [2.05, 4.69) is 36.3 Å². The number of carbonyl (C=O) groups is 3. The highest BCUT2D eigenvalue weighted by atomic mass is 19.4. The smallest absolute Gasteiger partial charge is 0.435 e. The molecular weight excluding hydrogens is 599 g/mol. The Morgan fingerprint density at radius 2 is 1.93 bits per heavy atom. The number of anilines is 2. The molecule has 4 aromatic rings. The number of fused-ring (bicyclic) bond motifs is 1. The average molecular weight is 632 g/mol. The molecule has 1 fully saturated rings. The summed E-state index contributed by atoms with van der Waals surface area (Å²) in [5, 5.41) is 31.7. The van der Waals surface area contributed by atoms with Crippen molar-refractivity contribution < 1.29 is 37.8 Å². The molecule has 1 saturated heterocycles. The summed E-state index contributed by atoms with van der Waals surface area (Å²) in [5.74, 6) is -0.197. The minimum Gasteiger partial charge on any atom is -0.483 e. The van der Waals surface area contributed by atoms with Crippen LogP contribution >= 0.6 is 0 Å². The fourth-order valence-electron chi connectivity index (χ4n) is 4.91. The van der Waals surface area contributed by atoms with E-state index >= 15 is 0 Å². The Kier molecular flexibility index (Phi) is 10.4. The Bertz CT molecular complexity index is 1670. The van der Waals surface area contributed by atoms with Crippen LogP contribution in [0.2, 0.25) is 0 Å². The van der Waals surface area contributed by atoms with Gasteiger partial charge in [0, 0.05) is 56.5 Å². The molecule has 14 nitrogen and oxygen atoms in total. The fraction of sp³-hybridized carbons (Fsp3) is 0.357. The number of hydrogen-bond donors (Lipinski definition) is 6. The number of aliphatic hydroxyl groups is 1. The zero-order valence-corrected chi connectivity index (χ0v) is 24.3. The zero-order chi connectivity index (χ0) is 32.7. The van der Waals surface area contributed by atoms with Gasteiger partial charge in [0.05, 0.1) is 29.6 Å². The Labute approximate surface area is 254 Å². The van der Waals surface area contributed by atoms with Gasteiger partial charge in [0.15, 0.2) is 17.2 Å². The van der Waals surface area contributed by atoms with Gasteiger partial charge in [-0.3, -0.25) is 23.5 Å². The molecule has 4 heterocycles. The van der Waals surface area contributed by atoms with Crippen molar-refractivity contribution in [3.8, 4) is 11.3 Å². The molecule has 6 N–H and O–H groups in total. The lowest BCUT2D eigenvalue weighted by Gasteiger charge is -2.14. The number of halogens is 3. The van der Waals surface area contributed by atoms with Crippen LogP contribution in [0.15, 0.2) is 43.0 Å². The van der Waals surface area contributed by atoms with E-state index in [-0.39, 0.29) is 42.6 Å². The highest BCUT2D eigenvalue weighted by Gasteiger charge is 2.38. The number of nitrogens with one attached hydrogen (secondary N) is 4. The third-order valence-corrected chi connectivity index (χ3v) is 6.93. The number of aryl methyl sites for hydroxylation is 2. The summed E-state index contributed by atoms with van der Waals surface area (Å²) in [5.41, 5.74) is 1.26. The predicted molar refractivity (Wildman–Crippen MR) is 156 cm³/mol. The average Bonchev–Trinajstić information content (AvgIpc) is 3.73. The van der Waals surface area contributed by atoms with Crippen molar-refractivity contribution in [1.82, 2.24) is 40.1 Å². The van der Waals surface area contributed by atoms with Gasteiger partial charge in [0.25, 0.3) is 12.4 Å². The number of carbonyl (C=O) groups excluding carboxylic acids is 2. The molecule has 0 saturated carbocycles. The van der Waals surface area contributed by atoms with Crippen molar-refractivity contribution >= 4 is 35.4 Å². The van der Waals surface area contributed by atoms with Crippen LogP contribution in [0, 0.1) is 0 Å². The molecular formula is C28H32F3N9O5. The number of amides is 2. The van der Waals surface area contributed by atoms with Gasteiger partial charge in [-0.05, 0) is 36.6 Å². The fourth-order valence-corrected chi connectivity index (χ4v) is 4.91. The maximum Gasteiger partial charge on any atom is 0.435 e. The molecule has 0 bridgehead atoms. The van der Waals surface area contributed by atoms with Gasteiger partial charge in [-0.25, -0.2) is 9.97 Å². The number of carboxylic acid groups (broad SMARTS) is 1. The summed E-state index contributed by atoms with van der Waals surface area (Å²) >= 11 is 0. The van der Waals surface area contributed by atoms with Crippen molar-refractivity contribution in [2.75, 3.05) is 25.0 Å². The SMILES string of the molecule is CCc1cc(Nc2nccn3c(-c4cn(C)nc4C(F)(F)F)cnc23)ccc1C(=O)NCCNC(=O)[C@@H]1C[C@@H](O)CN1.O=CO. The number of β-amino-alcohol motifs (C(OH)–C–C–N with tert-alkyl or cyclic N) is 1. The molecule has 0 radical (unpaired) electrons. The van der Waals surface area contributed by atoms with Gasteiger partial charge in [-0.15, -0.1) is 0 Å². The first-order chi connectivity index (χ1) is 21.5. The molecule has 45 heavy (non-hydrogen) atoms. The Morgan fingerprint density at radius 1 is 1.20 bits per heavy atom. The minimum atomic E-state index is -4.63. The summed E-state index contributed by atoms with van der Waals surface area (Å²) in [6.45, 7) is 2.50. The van der Waals surface area contributed by atoms with Crippen LogP contribution in [0.25, 0.3) is 16.9 Å². The summed E-state index contributed by atoms with van der Waals surface area (Å²) in [7, 11) is 1.42. The number of aromatic nitrogens is 5. The number of rotatable bonds is 9. The quantitative estimate of drug-likeness (QED) is 0.117. The summed E-state index contributed by atoms with van der Waals surface area (Å²) in [6.07, 6.45) is 1.35. The van der Waals surface area contributed by atoms with Crippen LogP contribution in [0.1, 0.15) is 35.0 Å². The molecule has 1 aromatic carbocycles. The third-order valence-electron chi connectivity index (χ3n) is 6.93. The molecule has 5 rings (SSSR count). The van der Waals surface area contributed by atoms with Crippen molar-refractivity contribution in [3.05, 3.63) is 59.8 Å². The molecule has 240 valence electrons. The van der Waals surface area contributed by atoms with Gasteiger partial charge >= 0.3 is 6.18 Å². The second kappa shape index (κ2) is 14.2. The van der Waals surface area contributed by atoms with Crippen LogP contribution in [-0.4, -0.2) is 84.4 Å². The van der Waals surface area contributed by atoms with E-state index in [0.717, 1.165) is 10.2 Å². The summed E-state index contributed by atoms with van der Waals surface area (Å²) in [6, 6.07) is 4.72. The van der Waals surface area contributed by atoms with E-state index in [1.807, 2.05) is 6.92 Å². The van der Waals surface area contributed by atoms with Crippen molar-refractivity contribution in [2.24, 2.45) is 7.05 Å². The first kappa shape index (κ1) is 32.9. The number of nitrogens with zero attached hydrogens (tertiary/aromatic N) is 5. The lowest BCUT2D eigenvalue weighted by Crippen LogP contribution is -2.43. The van der Waals surface area contributed by atoms with Crippen molar-refractivity contribution in [2.45, 2.75) is 38.1 Å². The molecule has 0 aliphatic carbocycles. The number of aliphatic hydroxyl groups excluding tert-OH is 1. The van der Waals surface area contributed by atoms with Crippen molar-refractivity contribution in [3.63, 3.8) is 0 Å². The van der Waals surface area contributed by atoms with Crippen LogP contribution in [0.5, 0.6) is 0 Å². The van der Waals surface area contributed by atoms with Gasteiger partial charge in [0.2, 0.25) is 5.91 Å². The van der Waals surface area contributed by atoms with Crippen LogP contribution in [-0.2, 0) is 29.2 Å². The van der Waals surface area contributed by atoms with E-state index in [0.29, 0.717) is 42.1 Å². The molecule has 2 atom stereocenters. The molecule has 0 unspecified atom stereocenters. The maximum absolute atomic E-state index is 13.6. The second-order valence-electron chi connectivity index (χ2n) is 10.0. The summed E-state index contributed by atoms with van der Waals surface area (Å²) < 4.78 is 43.4. The maximum atomic E-state index is 13.6. The monoisotopic (exact) mass is 631 g/mol. The Hall–Kier alpha value is -5.03. The van der Waals surface area contributed by atoms with E-state index in [1.165, 1.54) is 36.2 Å². The zero-order valence-electron chi connectivity index (χ0n) is 24.3. The van der Waals surface area contributed by atoms with E-state index in [4.69, 9.17) is 9.90 Å². The standard InChI is InChI=1S/C27H30F3N9O3.CH2O2/c1-3-15-10-16(4-5-18(15)25(41)32-6-7-33-26(42)20-11-17(40)12-34-20)36-23-24-35-13-21(39(24)9-8-31-23)19-14-38(2)37-22(19)27(28,29)30;2-1-3/h4-5,8-10,13-14,17,20,34,40H,3,6-7,11-12H2,1-2H3,(H,31,36)(H,32,41)(H,33,42);1H,(H,2,3)/t17-,20+;/m1./s1. The van der Waals surface area contributed by atoms with Gasteiger partial charge in [-0.2, -0.15) is 18.3 Å². The predicted octanol–water partition coefficient (Wildman–Crippen LogP) is 1.72. The second-order valence-corrected chi connectivity index (χ2v) is 10.0.